The van der Waals surface area contributed by atoms with Crippen LogP contribution >= 0.6 is 0 Å². The fourth-order valence-electron chi connectivity index (χ4n) is 2.59. The summed E-state index contributed by atoms with van der Waals surface area (Å²) in [6, 6.07) is 11.9. The van der Waals surface area contributed by atoms with Gasteiger partial charge in [0.25, 0.3) is 0 Å². The number of rotatable bonds is 4. The molecule has 1 fully saturated rings. The van der Waals surface area contributed by atoms with E-state index in [1.165, 1.54) is 5.56 Å². The topological polar surface area (TPSA) is 54.1 Å². The van der Waals surface area contributed by atoms with Crippen molar-refractivity contribution in [2.45, 2.75) is 19.2 Å². The van der Waals surface area contributed by atoms with E-state index in [0.29, 0.717) is 5.56 Å². The lowest BCUT2D eigenvalue weighted by Gasteiger charge is -2.32. The van der Waals surface area contributed by atoms with Crippen LogP contribution in [0.15, 0.2) is 42.7 Å². The zero-order valence-corrected chi connectivity index (χ0v) is 11.9. The van der Waals surface area contributed by atoms with Gasteiger partial charge < -0.3 is 4.74 Å². The van der Waals surface area contributed by atoms with Gasteiger partial charge in [-0.3, -0.25) is 9.58 Å². The average Bonchev–Trinajstić information content (AvgIpc) is 3.01. The molecule has 5 heteroatoms. The molecule has 1 aliphatic rings. The fraction of sp³-hybridized carbons (Fsp3) is 0.375. The van der Waals surface area contributed by atoms with E-state index in [2.05, 4.69) is 16.1 Å². The van der Waals surface area contributed by atoms with E-state index in [9.17, 15) is 0 Å². The number of nitrogens with zero attached hydrogens (tertiary/aromatic N) is 4. The van der Waals surface area contributed by atoms with Gasteiger partial charge >= 0.3 is 0 Å². The highest BCUT2D eigenvalue weighted by atomic mass is 16.5. The quantitative estimate of drug-likeness (QED) is 0.855. The molecule has 0 N–H and O–H groups in total. The third-order valence-corrected chi connectivity index (χ3v) is 3.66. The van der Waals surface area contributed by atoms with Gasteiger partial charge in [0, 0.05) is 32.0 Å². The highest BCUT2D eigenvalue weighted by Gasteiger charge is 2.20. The Kier molecular flexibility index (Phi) is 4.29. The van der Waals surface area contributed by atoms with E-state index < -0.39 is 0 Å². The third kappa shape index (κ3) is 3.69. The normalized spacial score (nSPS) is 19.3. The fourth-order valence-corrected chi connectivity index (χ4v) is 2.59. The molecule has 1 aromatic heterocycles. The van der Waals surface area contributed by atoms with Gasteiger partial charge in [-0.05, 0) is 23.8 Å². The maximum atomic E-state index is 8.82. The molecule has 2 heterocycles. The maximum Gasteiger partial charge on any atom is 0.0991 e. The smallest absolute Gasteiger partial charge is 0.0991 e. The second-order valence-corrected chi connectivity index (χ2v) is 5.26. The molecule has 0 bridgehead atoms. The Labute approximate surface area is 124 Å². The van der Waals surface area contributed by atoms with Crippen molar-refractivity contribution in [2.75, 3.05) is 19.7 Å². The molecule has 0 aliphatic carbocycles. The first kappa shape index (κ1) is 13.8. The molecular formula is C16H18N4O. The number of hydrogen-bond donors (Lipinski definition) is 0. The van der Waals surface area contributed by atoms with E-state index in [4.69, 9.17) is 10.00 Å². The Bertz CT molecular complexity index is 600. The van der Waals surface area contributed by atoms with Crippen LogP contribution in [0.4, 0.5) is 0 Å². The molecule has 5 nitrogen and oxygen atoms in total. The molecule has 3 rings (SSSR count). The van der Waals surface area contributed by atoms with Crippen molar-refractivity contribution in [3.63, 3.8) is 0 Å². The Morgan fingerprint density at radius 2 is 2.19 bits per heavy atom. The molecule has 1 saturated heterocycles. The number of hydrogen-bond acceptors (Lipinski definition) is 4. The van der Waals surface area contributed by atoms with E-state index in [0.717, 1.165) is 32.8 Å². The second kappa shape index (κ2) is 6.53. The minimum atomic E-state index is 0.178. The van der Waals surface area contributed by atoms with Crippen molar-refractivity contribution in [1.29, 1.82) is 5.26 Å². The van der Waals surface area contributed by atoms with Crippen LogP contribution in [0.2, 0.25) is 0 Å². The Hall–Kier alpha value is -2.16. The first-order valence-electron chi connectivity index (χ1n) is 7.14. The zero-order valence-electron chi connectivity index (χ0n) is 11.9. The summed E-state index contributed by atoms with van der Waals surface area (Å²) in [6.45, 7) is 4.28. The van der Waals surface area contributed by atoms with Gasteiger partial charge in [-0.1, -0.05) is 12.1 Å². The molecule has 1 atom stereocenters. The molecule has 0 radical (unpaired) electrons. The lowest BCUT2D eigenvalue weighted by Crippen LogP contribution is -2.43. The van der Waals surface area contributed by atoms with Gasteiger partial charge in [0.05, 0.1) is 30.9 Å². The van der Waals surface area contributed by atoms with E-state index >= 15 is 0 Å². The molecule has 0 saturated carbocycles. The highest BCUT2D eigenvalue weighted by molar-refractivity contribution is 5.31. The van der Waals surface area contributed by atoms with Crippen molar-refractivity contribution in [1.82, 2.24) is 14.7 Å². The van der Waals surface area contributed by atoms with Crippen LogP contribution < -0.4 is 0 Å². The van der Waals surface area contributed by atoms with Crippen molar-refractivity contribution in [2.24, 2.45) is 0 Å². The highest BCUT2D eigenvalue weighted by Crippen LogP contribution is 2.12. The Morgan fingerprint density at radius 3 is 2.90 bits per heavy atom. The molecule has 0 unspecified atom stereocenters. The average molecular weight is 282 g/mol. The summed E-state index contributed by atoms with van der Waals surface area (Å²) < 4.78 is 7.72. The lowest BCUT2D eigenvalue weighted by atomic mass is 10.1. The molecule has 2 aromatic rings. The molecule has 0 spiro atoms. The standard InChI is InChI=1S/C16H18N4O/c17-10-14-2-4-15(5-3-14)11-19-8-9-21-16(12-19)13-20-7-1-6-18-20/h1-7,16H,8-9,11-13H2/t16-/m0/s1. The summed E-state index contributed by atoms with van der Waals surface area (Å²) in [6.07, 6.45) is 3.93. The van der Waals surface area contributed by atoms with Crippen molar-refractivity contribution < 1.29 is 4.74 Å². The Morgan fingerprint density at radius 1 is 1.33 bits per heavy atom. The summed E-state index contributed by atoms with van der Waals surface area (Å²) >= 11 is 0. The Balaban J connectivity index is 1.56. The zero-order chi connectivity index (χ0) is 14.5. The van der Waals surface area contributed by atoms with Gasteiger partial charge in [0.1, 0.15) is 0 Å². The number of ether oxygens (including phenoxy) is 1. The summed E-state index contributed by atoms with van der Waals surface area (Å²) in [5, 5.41) is 13.0. The summed E-state index contributed by atoms with van der Waals surface area (Å²) in [5.41, 5.74) is 1.94. The molecule has 1 aliphatic heterocycles. The largest absolute Gasteiger partial charge is 0.374 e. The van der Waals surface area contributed by atoms with Crippen LogP contribution in [-0.2, 0) is 17.8 Å². The molecular weight excluding hydrogens is 264 g/mol. The van der Waals surface area contributed by atoms with Crippen molar-refractivity contribution in [3.05, 3.63) is 53.9 Å². The predicted molar refractivity (Wildman–Crippen MR) is 78.4 cm³/mol. The minimum absolute atomic E-state index is 0.178. The van der Waals surface area contributed by atoms with Crippen molar-refractivity contribution in [3.8, 4) is 6.07 Å². The van der Waals surface area contributed by atoms with Gasteiger partial charge in [-0.25, -0.2) is 0 Å². The van der Waals surface area contributed by atoms with Gasteiger partial charge in [-0.15, -0.1) is 0 Å². The van der Waals surface area contributed by atoms with E-state index in [-0.39, 0.29) is 6.10 Å². The first-order valence-corrected chi connectivity index (χ1v) is 7.14. The van der Waals surface area contributed by atoms with Crippen LogP contribution in [0.1, 0.15) is 11.1 Å². The minimum Gasteiger partial charge on any atom is -0.374 e. The van der Waals surface area contributed by atoms with Crippen LogP contribution in [-0.4, -0.2) is 40.5 Å². The van der Waals surface area contributed by atoms with Crippen LogP contribution in [0, 0.1) is 11.3 Å². The van der Waals surface area contributed by atoms with Gasteiger partial charge in [-0.2, -0.15) is 10.4 Å². The lowest BCUT2D eigenvalue weighted by molar-refractivity contribution is -0.0402. The second-order valence-electron chi connectivity index (χ2n) is 5.26. The summed E-state index contributed by atoms with van der Waals surface area (Å²) in [4.78, 5) is 2.39. The number of benzene rings is 1. The number of nitriles is 1. The predicted octanol–water partition coefficient (Wildman–Crippen LogP) is 1.66. The van der Waals surface area contributed by atoms with Crippen molar-refractivity contribution >= 4 is 0 Å². The maximum absolute atomic E-state index is 8.82. The molecule has 108 valence electrons. The van der Waals surface area contributed by atoms with E-state index in [1.54, 1.807) is 6.20 Å². The number of aromatic nitrogens is 2. The molecule has 0 amide bonds. The molecule has 21 heavy (non-hydrogen) atoms. The van der Waals surface area contributed by atoms with E-state index in [1.807, 2.05) is 41.2 Å². The van der Waals surface area contributed by atoms with Crippen LogP contribution in [0.25, 0.3) is 0 Å². The first-order chi connectivity index (χ1) is 10.3. The summed E-state index contributed by atoms with van der Waals surface area (Å²) in [5.74, 6) is 0. The molecule has 1 aromatic carbocycles. The third-order valence-electron chi connectivity index (χ3n) is 3.66. The van der Waals surface area contributed by atoms with Crippen LogP contribution in [0.3, 0.4) is 0 Å². The SMILES string of the molecule is N#Cc1ccc(CN2CCO[C@H](Cn3cccn3)C2)cc1. The summed E-state index contributed by atoms with van der Waals surface area (Å²) in [7, 11) is 0. The van der Waals surface area contributed by atoms with Gasteiger partial charge in [0.2, 0.25) is 0 Å². The number of morpholine rings is 1. The van der Waals surface area contributed by atoms with Gasteiger partial charge in [0.15, 0.2) is 0 Å². The monoisotopic (exact) mass is 282 g/mol. The van der Waals surface area contributed by atoms with Crippen LogP contribution in [0.5, 0.6) is 0 Å².